The summed E-state index contributed by atoms with van der Waals surface area (Å²) in [6.07, 6.45) is -1.32. The zero-order valence-electron chi connectivity index (χ0n) is 10.5. The predicted molar refractivity (Wildman–Crippen MR) is 56.2 cm³/mol. The maximum atomic E-state index is 11.3. The Labute approximate surface area is 156 Å². The molecule has 0 aliphatic rings. The number of aliphatic hydroxyl groups excluding tert-OH is 2. The molecule has 16 heavy (non-hydrogen) atoms. The van der Waals surface area contributed by atoms with Crippen LogP contribution in [0.5, 0.6) is 0 Å². The predicted octanol–water partition coefficient (Wildman–Crippen LogP) is -2.54. The minimum Gasteiger partial charge on any atom is -0.444 e. The number of aliphatic hydroxyl groups is 2. The number of nitrogens with one attached hydrogen (secondary N) is 1. The average molecular weight is 351 g/mol. The Bertz CT molecular complexity index is 205. The van der Waals surface area contributed by atoms with Crippen molar-refractivity contribution in [2.45, 2.75) is 44.9 Å². The van der Waals surface area contributed by atoms with Crippen molar-refractivity contribution in [3.8, 4) is 0 Å². The first-order chi connectivity index (χ1) is 6.80. The molecule has 0 aromatic heterocycles. The van der Waals surface area contributed by atoms with Crippen molar-refractivity contribution in [1.29, 1.82) is 0 Å². The molecule has 0 aliphatic heterocycles. The summed E-state index contributed by atoms with van der Waals surface area (Å²) in [4.78, 5) is 11.3. The summed E-state index contributed by atoms with van der Waals surface area (Å²) in [6, 6.07) is -0.739. The third-order valence-electron chi connectivity index (χ3n) is 1.66. The smallest absolute Gasteiger partial charge is 0.444 e. The molecule has 0 saturated heterocycles. The Hall–Kier alpha value is 1.24. The number of hydrogen-bond acceptors (Lipinski definition) is 4. The zero-order valence-corrected chi connectivity index (χ0v) is 16.8. The summed E-state index contributed by atoms with van der Waals surface area (Å²) < 4.78 is 4.97. The monoisotopic (exact) mass is 351 g/mol. The minimum atomic E-state index is -0.873. The number of ether oxygens (including phenoxy) is 1. The summed E-state index contributed by atoms with van der Waals surface area (Å²) in [5.41, 5.74) is -0.598. The summed E-state index contributed by atoms with van der Waals surface area (Å²) in [5, 5.41) is 20.7. The van der Waals surface area contributed by atoms with Gasteiger partial charge >= 0.3 is 75.0 Å². The fourth-order valence-corrected chi connectivity index (χ4v) is 0.924. The van der Waals surface area contributed by atoms with Gasteiger partial charge in [-0.15, -0.1) is 0 Å². The van der Waals surface area contributed by atoms with E-state index < -0.39 is 23.8 Å². The molecule has 0 spiro atoms. The molecule has 1 amide bonds. The number of carbonyl (C=O) groups excluding carboxylic acids is 1. The van der Waals surface area contributed by atoms with Gasteiger partial charge in [-0.1, -0.05) is 0 Å². The molecular weight excluding hydrogens is 331 g/mol. The SMILES string of the molecule is [CH2-]CC(O)C(CO)NC(=O)OC(C)(C)C.[Cs+]. The van der Waals surface area contributed by atoms with Gasteiger partial charge in [0.05, 0.1) is 12.6 Å². The normalized spacial score (nSPS) is 14.6. The van der Waals surface area contributed by atoms with Gasteiger partial charge in [-0.3, -0.25) is 0 Å². The van der Waals surface area contributed by atoms with Gasteiger partial charge in [0.15, 0.2) is 0 Å². The van der Waals surface area contributed by atoms with Crippen LogP contribution in [-0.2, 0) is 4.74 Å². The van der Waals surface area contributed by atoms with E-state index in [9.17, 15) is 9.90 Å². The van der Waals surface area contributed by atoms with Crippen LogP contribution in [-0.4, -0.2) is 40.7 Å². The van der Waals surface area contributed by atoms with E-state index in [-0.39, 0.29) is 81.9 Å². The molecule has 0 aromatic rings. The Kier molecular flexibility index (Phi) is 11.3. The summed E-state index contributed by atoms with van der Waals surface area (Å²) >= 11 is 0. The molecule has 0 aliphatic carbocycles. The van der Waals surface area contributed by atoms with E-state index in [0.717, 1.165) is 0 Å². The van der Waals surface area contributed by atoms with Gasteiger partial charge in [-0.05, 0) is 20.8 Å². The van der Waals surface area contributed by atoms with Crippen LogP contribution >= 0.6 is 0 Å². The molecule has 0 aromatic carbocycles. The summed E-state index contributed by atoms with van der Waals surface area (Å²) in [7, 11) is 0. The van der Waals surface area contributed by atoms with Crippen molar-refractivity contribution >= 4 is 6.09 Å². The van der Waals surface area contributed by atoms with Gasteiger partial charge in [-0.25, -0.2) is 4.79 Å². The topological polar surface area (TPSA) is 78.8 Å². The molecule has 2 atom stereocenters. The molecule has 0 saturated carbocycles. The number of alkyl carbamates (subject to hydrolysis) is 1. The largest absolute Gasteiger partial charge is 1.00 e. The van der Waals surface area contributed by atoms with Crippen molar-refractivity contribution in [1.82, 2.24) is 5.32 Å². The standard InChI is InChI=1S/C10H20NO4.Cs/c1-5-8(13)7(6-12)11-9(14)15-10(2,3)4;/h7-8,12-13H,1,5-6H2,2-4H3,(H,11,14);/q-1;+1. The van der Waals surface area contributed by atoms with Crippen molar-refractivity contribution in [3.63, 3.8) is 0 Å². The Balaban J connectivity index is 0. The second-order valence-corrected chi connectivity index (χ2v) is 4.29. The second kappa shape index (κ2) is 9.21. The van der Waals surface area contributed by atoms with Crippen LogP contribution in [0.15, 0.2) is 0 Å². The zero-order chi connectivity index (χ0) is 12.1. The van der Waals surface area contributed by atoms with Gasteiger partial charge in [0.1, 0.15) is 5.60 Å². The molecular formula is C10H20CsNO4. The molecule has 0 fully saturated rings. The first-order valence-corrected chi connectivity index (χ1v) is 4.88. The van der Waals surface area contributed by atoms with Crippen molar-refractivity contribution in [2.75, 3.05) is 6.61 Å². The van der Waals surface area contributed by atoms with E-state index in [1.165, 1.54) is 0 Å². The second-order valence-electron chi connectivity index (χ2n) is 4.29. The van der Waals surface area contributed by atoms with Crippen LogP contribution in [0.1, 0.15) is 27.2 Å². The van der Waals surface area contributed by atoms with Crippen LogP contribution in [0.2, 0.25) is 0 Å². The Morgan fingerprint density at radius 2 is 2.00 bits per heavy atom. The third-order valence-corrected chi connectivity index (χ3v) is 1.66. The molecule has 2 unspecified atom stereocenters. The van der Waals surface area contributed by atoms with Gasteiger partial charge in [0.2, 0.25) is 0 Å². The number of amides is 1. The Morgan fingerprint density at radius 1 is 1.50 bits per heavy atom. The molecule has 6 heteroatoms. The Morgan fingerprint density at radius 3 is 2.31 bits per heavy atom. The van der Waals surface area contributed by atoms with E-state index in [2.05, 4.69) is 12.2 Å². The van der Waals surface area contributed by atoms with E-state index >= 15 is 0 Å². The van der Waals surface area contributed by atoms with Crippen LogP contribution in [0.25, 0.3) is 0 Å². The minimum absolute atomic E-state index is 0. The van der Waals surface area contributed by atoms with Crippen LogP contribution in [0.3, 0.4) is 0 Å². The summed E-state index contributed by atoms with van der Waals surface area (Å²) in [5.74, 6) is 0. The van der Waals surface area contributed by atoms with Crippen molar-refractivity contribution < 1.29 is 88.6 Å². The number of hydrogen-bond donors (Lipinski definition) is 3. The fraction of sp³-hybridized carbons (Fsp3) is 0.800. The van der Waals surface area contributed by atoms with Gasteiger partial charge < -0.3 is 27.2 Å². The van der Waals surface area contributed by atoms with Gasteiger partial charge in [0, 0.05) is 6.10 Å². The van der Waals surface area contributed by atoms with Crippen LogP contribution < -0.4 is 74.2 Å². The van der Waals surface area contributed by atoms with Crippen LogP contribution in [0.4, 0.5) is 4.79 Å². The molecule has 5 nitrogen and oxygen atoms in total. The van der Waals surface area contributed by atoms with E-state index in [1.54, 1.807) is 20.8 Å². The number of rotatable bonds is 4. The molecule has 3 N–H and O–H groups in total. The van der Waals surface area contributed by atoms with Gasteiger partial charge in [-0.2, -0.15) is 6.42 Å². The molecule has 90 valence electrons. The van der Waals surface area contributed by atoms with Crippen LogP contribution in [0, 0.1) is 6.92 Å². The molecule has 0 heterocycles. The molecule has 0 radical (unpaired) electrons. The van der Waals surface area contributed by atoms with Crippen molar-refractivity contribution in [2.24, 2.45) is 0 Å². The van der Waals surface area contributed by atoms with E-state index in [1.807, 2.05) is 0 Å². The maximum Gasteiger partial charge on any atom is 1.00 e. The molecule has 0 rings (SSSR count). The first-order valence-electron chi connectivity index (χ1n) is 4.88. The third kappa shape index (κ3) is 9.29. The summed E-state index contributed by atoms with van der Waals surface area (Å²) in [6.45, 7) is 8.34. The van der Waals surface area contributed by atoms with Crippen molar-refractivity contribution in [3.05, 3.63) is 6.92 Å². The first kappa shape index (κ1) is 19.6. The van der Waals surface area contributed by atoms with E-state index in [4.69, 9.17) is 9.84 Å². The fourth-order valence-electron chi connectivity index (χ4n) is 0.924. The van der Waals surface area contributed by atoms with E-state index in [0.29, 0.717) is 0 Å². The average Bonchev–Trinajstić information content (AvgIpc) is 2.10. The number of carbonyl (C=O) groups is 1. The maximum absolute atomic E-state index is 11.3. The van der Waals surface area contributed by atoms with Gasteiger partial charge in [0.25, 0.3) is 0 Å². The quantitative estimate of drug-likeness (QED) is 0.488. The molecule has 0 bridgehead atoms.